The number of benzene rings is 2. The van der Waals surface area contributed by atoms with Crippen molar-refractivity contribution in [3.63, 3.8) is 0 Å². The first-order valence-electron chi connectivity index (χ1n) is 10.6. The number of amides is 1. The van der Waals surface area contributed by atoms with E-state index in [4.69, 9.17) is 16.3 Å². The summed E-state index contributed by atoms with van der Waals surface area (Å²) in [7, 11) is 1.65. The van der Waals surface area contributed by atoms with Crippen LogP contribution in [0.4, 0.5) is 5.69 Å². The highest BCUT2D eigenvalue weighted by Gasteiger charge is 2.22. The van der Waals surface area contributed by atoms with Crippen LogP contribution >= 0.6 is 23.4 Å². The van der Waals surface area contributed by atoms with Gasteiger partial charge in [-0.2, -0.15) is 0 Å². The predicted molar refractivity (Wildman–Crippen MR) is 134 cm³/mol. The predicted octanol–water partition coefficient (Wildman–Crippen LogP) is 3.69. The molecule has 33 heavy (non-hydrogen) atoms. The number of ether oxygens (including phenoxy) is 1. The van der Waals surface area contributed by atoms with Gasteiger partial charge in [0.2, 0.25) is 5.91 Å². The monoisotopic (exact) mass is 484 g/mol. The van der Waals surface area contributed by atoms with Crippen LogP contribution in [0.5, 0.6) is 5.75 Å². The summed E-state index contributed by atoms with van der Waals surface area (Å²) in [6, 6.07) is 13.0. The third kappa shape index (κ3) is 5.17. The van der Waals surface area contributed by atoms with Crippen LogP contribution in [0.1, 0.15) is 0 Å². The topological polar surface area (TPSA) is 67.7 Å². The second-order valence-electron chi connectivity index (χ2n) is 7.61. The summed E-state index contributed by atoms with van der Waals surface area (Å²) in [6.07, 6.45) is 1.65. The largest absolute Gasteiger partial charge is 0.497 e. The van der Waals surface area contributed by atoms with Crippen LogP contribution in [0.2, 0.25) is 5.02 Å². The zero-order valence-corrected chi connectivity index (χ0v) is 19.9. The van der Waals surface area contributed by atoms with Crippen molar-refractivity contribution in [2.45, 2.75) is 11.7 Å². The summed E-state index contributed by atoms with van der Waals surface area (Å²) in [6.45, 7) is 6.87. The number of piperazine rings is 1. The van der Waals surface area contributed by atoms with E-state index in [9.17, 15) is 9.59 Å². The molecule has 0 aliphatic carbocycles. The second-order valence-corrected chi connectivity index (χ2v) is 8.99. The Bertz CT molecular complexity index is 1220. The molecule has 0 saturated carbocycles. The van der Waals surface area contributed by atoms with E-state index >= 15 is 0 Å². The minimum atomic E-state index is -0.167. The molecule has 0 spiro atoms. The summed E-state index contributed by atoms with van der Waals surface area (Å²) < 4.78 is 6.76. The molecule has 1 aromatic heterocycles. The van der Waals surface area contributed by atoms with Crippen molar-refractivity contribution in [1.82, 2.24) is 14.5 Å². The normalized spacial score (nSPS) is 13.9. The standard InChI is InChI=1S/C24H25ClN4O3S/c1-3-10-29-23(31)20-9-4-17(25)15-21(20)26-24(29)33-16-22(30)28-13-11-27(12-14-28)18-5-7-19(32-2)8-6-18/h3-9,15H,1,10-14,16H2,2H3. The number of anilines is 1. The summed E-state index contributed by atoms with van der Waals surface area (Å²) >= 11 is 7.35. The average molecular weight is 485 g/mol. The van der Waals surface area contributed by atoms with Gasteiger partial charge < -0.3 is 14.5 Å². The molecule has 2 heterocycles. The van der Waals surface area contributed by atoms with Gasteiger partial charge in [-0.1, -0.05) is 29.4 Å². The third-order valence-corrected chi connectivity index (χ3v) is 6.78. The van der Waals surface area contributed by atoms with Gasteiger partial charge >= 0.3 is 0 Å². The van der Waals surface area contributed by atoms with E-state index in [-0.39, 0.29) is 17.2 Å². The van der Waals surface area contributed by atoms with Crippen LogP contribution in [0, 0.1) is 0 Å². The lowest BCUT2D eigenvalue weighted by Gasteiger charge is -2.36. The van der Waals surface area contributed by atoms with E-state index in [1.54, 1.807) is 36.0 Å². The highest BCUT2D eigenvalue weighted by atomic mass is 35.5. The van der Waals surface area contributed by atoms with Gasteiger partial charge in [-0.15, -0.1) is 6.58 Å². The first-order chi connectivity index (χ1) is 16.0. The van der Waals surface area contributed by atoms with E-state index < -0.39 is 0 Å². The van der Waals surface area contributed by atoms with Gasteiger partial charge in [0.1, 0.15) is 5.75 Å². The maximum atomic E-state index is 12.9. The Morgan fingerprint density at radius 1 is 1.18 bits per heavy atom. The molecule has 1 saturated heterocycles. The molecule has 0 radical (unpaired) electrons. The van der Waals surface area contributed by atoms with Crippen molar-refractivity contribution >= 4 is 45.9 Å². The van der Waals surface area contributed by atoms with Crippen molar-refractivity contribution in [2.24, 2.45) is 0 Å². The van der Waals surface area contributed by atoms with Crippen LogP contribution < -0.4 is 15.2 Å². The molecule has 9 heteroatoms. The molecule has 1 aliphatic rings. The number of carbonyl (C=O) groups excluding carboxylic acids is 1. The Hall–Kier alpha value is -2.97. The van der Waals surface area contributed by atoms with Gasteiger partial charge in [-0.3, -0.25) is 14.2 Å². The molecule has 3 aromatic rings. The minimum absolute atomic E-state index is 0.0278. The van der Waals surface area contributed by atoms with E-state index in [1.165, 1.54) is 11.8 Å². The molecular formula is C24H25ClN4O3S. The van der Waals surface area contributed by atoms with Crippen LogP contribution in [-0.2, 0) is 11.3 Å². The highest BCUT2D eigenvalue weighted by Crippen LogP contribution is 2.23. The quantitative estimate of drug-likeness (QED) is 0.289. The summed E-state index contributed by atoms with van der Waals surface area (Å²) in [5, 5.41) is 1.49. The van der Waals surface area contributed by atoms with Gasteiger partial charge in [-0.25, -0.2) is 4.98 Å². The van der Waals surface area contributed by atoms with Crippen molar-refractivity contribution in [3.05, 3.63) is 70.5 Å². The molecule has 0 bridgehead atoms. The van der Waals surface area contributed by atoms with Crippen molar-refractivity contribution in [1.29, 1.82) is 0 Å². The molecule has 4 rings (SSSR count). The Balaban J connectivity index is 1.42. The zero-order chi connectivity index (χ0) is 23.4. The maximum absolute atomic E-state index is 12.9. The third-order valence-electron chi connectivity index (χ3n) is 5.59. The lowest BCUT2D eigenvalue weighted by atomic mass is 10.2. The molecule has 1 aliphatic heterocycles. The number of thioether (sulfide) groups is 1. The summed E-state index contributed by atoms with van der Waals surface area (Å²) in [5.74, 6) is 1.06. The molecule has 1 fully saturated rings. The van der Waals surface area contributed by atoms with Crippen molar-refractivity contribution < 1.29 is 9.53 Å². The number of aromatic nitrogens is 2. The highest BCUT2D eigenvalue weighted by molar-refractivity contribution is 7.99. The molecule has 7 nitrogen and oxygen atoms in total. The number of halogens is 1. The van der Waals surface area contributed by atoms with E-state index in [0.29, 0.717) is 40.7 Å². The summed E-state index contributed by atoms with van der Waals surface area (Å²) in [5.41, 5.74) is 1.47. The molecule has 0 unspecified atom stereocenters. The Morgan fingerprint density at radius 3 is 2.58 bits per heavy atom. The lowest BCUT2D eigenvalue weighted by molar-refractivity contribution is -0.128. The first kappa shape index (κ1) is 23.2. The fourth-order valence-corrected chi connectivity index (χ4v) is 4.88. The Morgan fingerprint density at radius 2 is 1.91 bits per heavy atom. The molecule has 1 amide bonds. The molecular weight excluding hydrogens is 460 g/mol. The van der Waals surface area contributed by atoms with Crippen molar-refractivity contribution in [3.8, 4) is 5.75 Å². The van der Waals surface area contributed by atoms with Gasteiger partial charge in [-0.05, 0) is 42.5 Å². The number of allylic oxidation sites excluding steroid dienone is 1. The van der Waals surface area contributed by atoms with Gasteiger partial charge in [0.05, 0.1) is 23.8 Å². The average Bonchev–Trinajstić information content (AvgIpc) is 2.84. The number of nitrogens with zero attached hydrogens (tertiary/aromatic N) is 4. The van der Waals surface area contributed by atoms with Crippen LogP contribution in [0.15, 0.2) is 65.1 Å². The second kappa shape index (κ2) is 10.3. The zero-order valence-electron chi connectivity index (χ0n) is 18.4. The maximum Gasteiger partial charge on any atom is 0.262 e. The molecule has 172 valence electrons. The van der Waals surface area contributed by atoms with Crippen LogP contribution in [0.3, 0.4) is 0 Å². The molecule has 2 aromatic carbocycles. The van der Waals surface area contributed by atoms with E-state index in [1.807, 2.05) is 29.2 Å². The van der Waals surface area contributed by atoms with Crippen LogP contribution in [-0.4, -0.2) is 59.4 Å². The van der Waals surface area contributed by atoms with Gasteiger partial charge in [0.25, 0.3) is 5.56 Å². The first-order valence-corrected chi connectivity index (χ1v) is 12.0. The van der Waals surface area contributed by atoms with E-state index in [2.05, 4.69) is 16.5 Å². The lowest BCUT2D eigenvalue weighted by Crippen LogP contribution is -2.49. The number of fused-ring (bicyclic) bond motifs is 1. The van der Waals surface area contributed by atoms with E-state index in [0.717, 1.165) is 24.5 Å². The number of methoxy groups -OCH3 is 1. The number of rotatable bonds is 7. The SMILES string of the molecule is C=CCn1c(SCC(=O)N2CCN(c3ccc(OC)cc3)CC2)nc2cc(Cl)ccc2c1=O. The van der Waals surface area contributed by atoms with Gasteiger partial charge in [0.15, 0.2) is 5.16 Å². The smallest absolute Gasteiger partial charge is 0.262 e. The molecule has 0 N–H and O–H groups in total. The van der Waals surface area contributed by atoms with Crippen LogP contribution in [0.25, 0.3) is 10.9 Å². The molecule has 0 atom stereocenters. The number of hydrogen-bond donors (Lipinski definition) is 0. The van der Waals surface area contributed by atoms with Gasteiger partial charge in [0, 0.05) is 43.4 Å². The Kier molecular flexibility index (Phi) is 7.25. The fourth-order valence-electron chi connectivity index (χ4n) is 3.80. The Labute approximate surface area is 201 Å². The van der Waals surface area contributed by atoms with Crippen molar-refractivity contribution in [2.75, 3.05) is 43.9 Å². The minimum Gasteiger partial charge on any atom is -0.497 e. The fraction of sp³-hybridized carbons (Fsp3) is 0.292. The number of carbonyl (C=O) groups is 1. The number of hydrogen-bond acceptors (Lipinski definition) is 6. The summed E-state index contributed by atoms with van der Waals surface area (Å²) in [4.78, 5) is 34.5.